The van der Waals surface area contributed by atoms with Gasteiger partial charge in [-0.2, -0.15) is 36.3 Å². The average Bonchev–Trinajstić information content (AvgIpc) is 3.61. The molecule has 0 radical (unpaired) electrons. The highest BCUT2D eigenvalue weighted by molar-refractivity contribution is 7.13. The van der Waals surface area contributed by atoms with Crippen LogP contribution in [0.1, 0.15) is 86.8 Å². The van der Waals surface area contributed by atoms with E-state index in [4.69, 9.17) is 4.74 Å². The van der Waals surface area contributed by atoms with Crippen LogP contribution in [0.3, 0.4) is 0 Å². The Balaban J connectivity index is 1.32. The van der Waals surface area contributed by atoms with Gasteiger partial charge in [0.25, 0.3) is 12.3 Å². The molecule has 5 rings (SSSR count). The molecular formula is C33H34F8N6O3S. The minimum Gasteiger partial charge on any atom is -0.471 e. The third-order valence-corrected chi connectivity index (χ3v) is 9.69. The van der Waals surface area contributed by atoms with Gasteiger partial charge in [-0.05, 0) is 75.6 Å². The number of nitrogens with one attached hydrogen (secondary N) is 3. The number of Topliss-reactive ketones (excluding diaryl/α,β-unsaturated/α-hetero) is 1. The van der Waals surface area contributed by atoms with E-state index in [0.29, 0.717) is 46.8 Å². The van der Waals surface area contributed by atoms with Crippen LogP contribution in [0.4, 0.5) is 46.8 Å². The number of anilines is 2. The summed E-state index contributed by atoms with van der Waals surface area (Å²) in [5.41, 5.74) is -0.776. The monoisotopic (exact) mass is 746 g/mol. The first-order valence-corrected chi connectivity index (χ1v) is 16.9. The highest BCUT2D eigenvalue weighted by Crippen LogP contribution is 2.41. The standard InChI is InChI=1S/C33H34F8N6O3S/c1-16-27(51-17(2)43-16)29(49)42-14-19-8-11-22(33(39,40)41)23(12-19)44-31-45-24-13-21(30(46-28(24)47-31)50-15-26(34)35)25(48)5-3-4-18-6-9-20(10-7-18)32(36,37)38/h8,11-13,18,20,26H,3-7,9-10,14-15H2,1-2H3,(H,42,49)(H2,44,45,46,47). The summed E-state index contributed by atoms with van der Waals surface area (Å²) >= 11 is 1.19. The molecular weight excluding hydrogens is 712 g/mol. The summed E-state index contributed by atoms with van der Waals surface area (Å²) in [5, 5.41) is 5.94. The first-order chi connectivity index (χ1) is 24.0. The van der Waals surface area contributed by atoms with Crippen molar-refractivity contribution in [2.24, 2.45) is 11.8 Å². The van der Waals surface area contributed by atoms with E-state index < -0.39 is 60.1 Å². The number of imidazole rings is 1. The minimum atomic E-state index is -4.78. The number of hydrogen-bond acceptors (Lipinski definition) is 8. The Kier molecular flexibility index (Phi) is 11.5. The van der Waals surface area contributed by atoms with Gasteiger partial charge in [0.1, 0.15) is 4.88 Å². The topological polar surface area (TPSA) is 122 Å². The molecule has 3 N–H and O–H groups in total. The molecule has 0 spiro atoms. The second kappa shape index (κ2) is 15.5. The zero-order valence-electron chi connectivity index (χ0n) is 27.4. The molecule has 4 aromatic rings. The minimum absolute atomic E-state index is 0.0240. The molecule has 3 heterocycles. The highest BCUT2D eigenvalue weighted by Gasteiger charge is 2.41. The van der Waals surface area contributed by atoms with Gasteiger partial charge < -0.3 is 20.4 Å². The van der Waals surface area contributed by atoms with Gasteiger partial charge in [-0.15, -0.1) is 11.3 Å². The molecule has 1 aromatic carbocycles. The Bertz CT molecular complexity index is 1870. The Morgan fingerprint density at radius 1 is 1.02 bits per heavy atom. The number of thiazole rings is 1. The van der Waals surface area contributed by atoms with Crippen LogP contribution in [0, 0.1) is 25.7 Å². The van der Waals surface area contributed by atoms with Crippen LogP contribution in [-0.4, -0.2) is 50.8 Å². The van der Waals surface area contributed by atoms with Crippen molar-refractivity contribution in [1.29, 1.82) is 0 Å². The third kappa shape index (κ3) is 9.71. The molecule has 1 aliphatic carbocycles. The number of amides is 1. The summed E-state index contributed by atoms with van der Waals surface area (Å²) < 4.78 is 112. The smallest absolute Gasteiger partial charge is 0.418 e. The summed E-state index contributed by atoms with van der Waals surface area (Å²) in [6, 6.07) is 4.52. The number of carbonyl (C=O) groups is 2. The number of aromatic nitrogens is 4. The lowest BCUT2D eigenvalue weighted by Crippen LogP contribution is -2.27. The summed E-state index contributed by atoms with van der Waals surface area (Å²) in [6.07, 6.45) is -10.3. The normalized spacial score (nSPS) is 16.8. The lowest BCUT2D eigenvalue weighted by atomic mass is 9.79. The number of H-pyrrole nitrogens is 1. The summed E-state index contributed by atoms with van der Waals surface area (Å²) in [6.45, 7) is 2.23. The van der Waals surface area contributed by atoms with Crippen LogP contribution < -0.4 is 15.4 Å². The van der Waals surface area contributed by atoms with Crippen molar-refractivity contribution in [2.45, 2.75) is 84.1 Å². The largest absolute Gasteiger partial charge is 0.471 e. The predicted octanol–water partition coefficient (Wildman–Crippen LogP) is 9.09. The van der Waals surface area contributed by atoms with Crippen molar-refractivity contribution in [3.05, 3.63) is 56.5 Å². The fourth-order valence-electron chi connectivity index (χ4n) is 6.09. The van der Waals surface area contributed by atoms with Crippen molar-refractivity contribution in [3.63, 3.8) is 0 Å². The van der Waals surface area contributed by atoms with Crippen LogP contribution in [0.2, 0.25) is 0 Å². The van der Waals surface area contributed by atoms with Crippen molar-refractivity contribution in [1.82, 2.24) is 25.3 Å². The van der Waals surface area contributed by atoms with Crippen LogP contribution in [-0.2, 0) is 12.7 Å². The quantitative estimate of drug-likeness (QED) is 0.0922. The average molecular weight is 747 g/mol. The van der Waals surface area contributed by atoms with E-state index in [0.717, 1.165) is 6.07 Å². The molecule has 0 bridgehead atoms. The highest BCUT2D eigenvalue weighted by atomic mass is 32.1. The van der Waals surface area contributed by atoms with Crippen LogP contribution >= 0.6 is 11.3 Å². The van der Waals surface area contributed by atoms with Gasteiger partial charge in [0.2, 0.25) is 11.8 Å². The number of nitrogens with zero attached hydrogens (tertiary/aromatic N) is 3. The number of halogens is 8. The van der Waals surface area contributed by atoms with Gasteiger partial charge in [0.15, 0.2) is 18.0 Å². The molecule has 0 atom stereocenters. The summed E-state index contributed by atoms with van der Waals surface area (Å²) in [5.74, 6) is -2.89. The molecule has 1 aliphatic rings. The number of hydrogen-bond donors (Lipinski definition) is 3. The van der Waals surface area contributed by atoms with Gasteiger partial charge in [0.05, 0.1) is 39.0 Å². The lowest BCUT2D eigenvalue weighted by molar-refractivity contribution is -0.184. The number of benzene rings is 1. The zero-order valence-corrected chi connectivity index (χ0v) is 28.2. The Labute approximate surface area is 290 Å². The van der Waals surface area contributed by atoms with Crippen molar-refractivity contribution in [2.75, 3.05) is 11.9 Å². The number of ether oxygens (including phenoxy) is 1. The second-order valence-electron chi connectivity index (χ2n) is 12.4. The molecule has 0 unspecified atom stereocenters. The lowest BCUT2D eigenvalue weighted by Gasteiger charge is -2.29. The molecule has 1 fully saturated rings. The Morgan fingerprint density at radius 3 is 2.37 bits per heavy atom. The van der Waals surface area contributed by atoms with Gasteiger partial charge in [-0.1, -0.05) is 12.5 Å². The number of aromatic amines is 1. The predicted molar refractivity (Wildman–Crippen MR) is 173 cm³/mol. The van der Waals surface area contributed by atoms with E-state index in [1.807, 2.05) is 0 Å². The van der Waals surface area contributed by atoms with E-state index >= 15 is 0 Å². The van der Waals surface area contributed by atoms with Gasteiger partial charge in [-0.25, -0.2) is 13.8 Å². The van der Waals surface area contributed by atoms with Gasteiger partial charge >= 0.3 is 12.4 Å². The van der Waals surface area contributed by atoms with Crippen molar-refractivity contribution in [3.8, 4) is 5.88 Å². The number of rotatable bonds is 13. The number of alkyl halides is 8. The summed E-state index contributed by atoms with van der Waals surface area (Å²) in [4.78, 5) is 41.4. The maximum atomic E-state index is 14.0. The first kappa shape index (κ1) is 37.9. The van der Waals surface area contributed by atoms with E-state index in [1.54, 1.807) is 13.8 Å². The number of fused-ring (bicyclic) bond motifs is 1. The van der Waals surface area contributed by atoms with E-state index in [2.05, 4.69) is 30.6 Å². The van der Waals surface area contributed by atoms with Crippen LogP contribution in [0.5, 0.6) is 5.88 Å². The second-order valence-corrected chi connectivity index (χ2v) is 13.6. The van der Waals surface area contributed by atoms with E-state index in [1.165, 1.54) is 29.5 Å². The molecule has 276 valence electrons. The maximum Gasteiger partial charge on any atom is 0.418 e. The van der Waals surface area contributed by atoms with Crippen LogP contribution in [0.15, 0.2) is 24.3 Å². The molecule has 3 aromatic heterocycles. The fourth-order valence-corrected chi connectivity index (χ4v) is 6.92. The van der Waals surface area contributed by atoms with Gasteiger partial charge in [-0.3, -0.25) is 9.59 Å². The van der Waals surface area contributed by atoms with Crippen molar-refractivity contribution < 1.29 is 49.4 Å². The van der Waals surface area contributed by atoms with E-state index in [9.17, 15) is 44.7 Å². The molecule has 0 aliphatic heterocycles. The zero-order chi connectivity index (χ0) is 37.1. The maximum absolute atomic E-state index is 14.0. The molecule has 1 saturated carbocycles. The van der Waals surface area contributed by atoms with E-state index in [-0.39, 0.29) is 54.4 Å². The molecule has 18 heteroatoms. The molecule has 9 nitrogen and oxygen atoms in total. The molecule has 0 saturated heterocycles. The summed E-state index contributed by atoms with van der Waals surface area (Å²) in [7, 11) is 0. The number of aryl methyl sites for hydroxylation is 2. The Hall–Kier alpha value is -4.35. The Morgan fingerprint density at radius 2 is 1.75 bits per heavy atom. The fraction of sp³-hybridized carbons (Fsp3) is 0.485. The SMILES string of the molecule is Cc1nc(C)c(C(=O)NCc2ccc(C(F)(F)F)c(Nc3nc4nc(OCC(F)F)c(C(=O)CCCC5CCC(C(F)(F)F)CC5)cc4[nH]3)c2)s1. The molecule has 1 amide bonds. The molecule has 51 heavy (non-hydrogen) atoms. The number of carbonyl (C=O) groups excluding carboxylic acids is 2. The first-order valence-electron chi connectivity index (χ1n) is 16.1. The third-order valence-electron chi connectivity index (χ3n) is 8.62. The van der Waals surface area contributed by atoms with Crippen LogP contribution in [0.25, 0.3) is 11.2 Å². The van der Waals surface area contributed by atoms with Crippen molar-refractivity contribution >= 4 is 45.8 Å². The number of pyridine rings is 1. The number of ketones is 1. The van der Waals surface area contributed by atoms with Gasteiger partial charge in [0, 0.05) is 13.0 Å².